The summed E-state index contributed by atoms with van der Waals surface area (Å²) in [4.78, 5) is 23.4. The van der Waals surface area contributed by atoms with Gasteiger partial charge >= 0.3 is 5.97 Å². The van der Waals surface area contributed by atoms with Gasteiger partial charge in [0.1, 0.15) is 12.3 Å². The van der Waals surface area contributed by atoms with Crippen LogP contribution in [0.15, 0.2) is 24.3 Å². The number of carbonyl (C=O) groups excluding carboxylic acids is 2. The van der Waals surface area contributed by atoms with E-state index >= 15 is 0 Å². The van der Waals surface area contributed by atoms with Crippen molar-refractivity contribution < 1.29 is 14.3 Å². The van der Waals surface area contributed by atoms with Gasteiger partial charge in [0, 0.05) is 11.1 Å². The summed E-state index contributed by atoms with van der Waals surface area (Å²) in [5.41, 5.74) is 0.784. The zero-order chi connectivity index (χ0) is 14.9. The Bertz CT molecular complexity index is 573. The minimum absolute atomic E-state index is 0.0672. The van der Waals surface area contributed by atoms with E-state index in [9.17, 15) is 9.59 Å². The molecule has 2 rings (SSSR count). The molecular formula is C15H18N2O3. The first-order chi connectivity index (χ1) is 9.30. The third-order valence-corrected chi connectivity index (χ3v) is 3.22. The lowest BCUT2D eigenvalue weighted by Crippen LogP contribution is -2.28. The molecule has 0 aliphatic carbocycles. The van der Waals surface area contributed by atoms with Crippen LogP contribution >= 0.6 is 0 Å². The number of benzene rings is 1. The first kappa shape index (κ1) is 14.2. The molecule has 1 unspecified atom stereocenters. The Hall–Kier alpha value is -2.17. The summed E-state index contributed by atoms with van der Waals surface area (Å²) in [6, 6.07) is 7.20. The average Bonchev–Trinajstić information content (AvgIpc) is 2.70. The Kier molecular flexibility index (Phi) is 3.61. The normalized spacial score (nSPS) is 18.9. The van der Waals surface area contributed by atoms with Gasteiger partial charge in [0.2, 0.25) is 5.91 Å². The number of cyclic esters (lactones) is 1. The molecule has 0 spiro atoms. The quantitative estimate of drug-likeness (QED) is 0.812. The maximum atomic E-state index is 12.1. The Morgan fingerprint density at radius 3 is 2.55 bits per heavy atom. The van der Waals surface area contributed by atoms with E-state index in [0.29, 0.717) is 5.69 Å². The van der Waals surface area contributed by atoms with Crippen LogP contribution in [0, 0.1) is 10.8 Å². The molecule has 0 saturated carbocycles. The van der Waals surface area contributed by atoms with Crippen LogP contribution in [0.1, 0.15) is 32.3 Å². The van der Waals surface area contributed by atoms with Crippen LogP contribution < -0.4 is 5.32 Å². The van der Waals surface area contributed by atoms with Crippen LogP contribution in [0.25, 0.3) is 0 Å². The molecule has 106 valence electrons. The minimum Gasteiger partial charge on any atom is -0.460 e. The van der Waals surface area contributed by atoms with Crippen molar-refractivity contribution in [2.24, 2.45) is 5.41 Å². The highest BCUT2D eigenvalue weighted by atomic mass is 16.5. The van der Waals surface area contributed by atoms with Gasteiger partial charge in [0.15, 0.2) is 0 Å². The van der Waals surface area contributed by atoms with E-state index in [1.54, 1.807) is 12.1 Å². The highest BCUT2D eigenvalue weighted by Gasteiger charge is 2.34. The molecule has 1 amide bonds. The molecule has 1 heterocycles. The van der Waals surface area contributed by atoms with E-state index in [2.05, 4.69) is 5.32 Å². The highest BCUT2D eigenvalue weighted by Crippen LogP contribution is 2.30. The number of nitrogens with one attached hydrogen (secondary N) is 2. The fourth-order valence-electron chi connectivity index (χ4n) is 1.93. The van der Waals surface area contributed by atoms with E-state index < -0.39 is 17.3 Å². The lowest BCUT2D eigenvalue weighted by molar-refractivity contribution is -0.133. The second-order valence-corrected chi connectivity index (χ2v) is 5.86. The molecule has 1 fully saturated rings. The molecule has 1 aromatic rings. The molecule has 0 radical (unpaired) electrons. The molecular weight excluding hydrogens is 256 g/mol. The standard InChI is InChI=1S/C15H18N2O3/c1-15(2,3)14(19)17-11-7-5-4-6-9(11)10-8-20-13(18)12(10)16/h4-7,10,16H,8H2,1-3H3,(H,17,19). The number of rotatable bonds is 2. The third kappa shape index (κ3) is 2.71. The second kappa shape index (κ2) is 5.07. The molecule has 5 heteroatoms. The monoisotopic (exact) mass is 274 g/mol. The number of carbonyl (C=O) groups is 2. The van der Waals surface area contributed by atoms with E-state index in [0.717, 1.165) is 5.56 Å². The lowest BCUT2D eigenvalue weighted by atomic mass is 9.92. The summed E-state index contributed by atoms with van der Waals surface area (Å²) >= 11 is 0. The van der Waals surface area contributed by atoms with Crippen molar-refractivity contribution in [3.8, 4) is 0 Å². The number of ether oxygens (including phenoxy) is 1. The summed E-state index contributed by atoms with van der Waals surface area (Å²) in [6.45, 7) is 5.64. The molecule has 0 bridgehead atoms. The molecule has 2 N–H and O–H groups in total. The summed E-state index contributed by atoms with van der Waals surface area (Å²) in [5.74, 6) is -1.12. The number of para-hydroxylation sites is 1. The SMILES string of the molecule is CC(C)(C)C(=O)Nc1ccccc1C1COC(=O)C1=N. The van der Waals surface area contributed by atoms with Crippen LogP contribution in [0.2, 0.25) is 0 Å². The first-order valence-corrected chi connectivity index (χ1v) is 6.46. The molecule has 0 aromatic heterocycles. The lowest BCUT2D eigenvalue weighted by Gasteiger charge is -2.20. The topological polar surface area (TPSA) is 79.2 Å². The molecule has 1 saturated heterocycles. The van der Waals surface area contributed by atoms with Crippen LogP contribution in [0.3, 0.4) is 0 Å². The number of hydrogen-bond donors (Lipinski definition) is 2. The predicted molar refractivity (Wildman–Crippen MR) is 76.0 cm³/mol. The van der Waals surface area contributed by atoms with Gasteiger partial charge in [-0.05, 0) is 11.6 Å². The van der Waals surface area contributed by atoms with Crippen molar-refractivity contribution in [2.45, 2.75) is 26.7 Å². The fraction of sp³-hybridized carbons (Fsp3) is 0.400. The summed E-state index contributed by atoms with van der Waals surface area (Å²) < 4.78 is 4.88. The Balaban J connectivity index is 2.30. The Morgan fingerprint density at radius 1 is 1.35 bits per heavy atom. The predicted octanol–water partition coefficient (Wildman–Crippen LogP) is 2.33. The summed E-state index contributed by atoms with van der Waals surface area (Å²) in [5, 5.41) is 10.6. The van der Waals surface area contributed by atoms with Gasteiger partial charge in [-0.1, -0.05) is 39.0 Å². The largest absolute Gasteiger partial charge is 0.460 e. The fourth-order valence-corrected chi connectivity index (χ4v) is 1.93. The van der Waals surface area contributed by atoms with Gasteiger partial charge in [0.05, 0.1) is 5.92 Å². The highest BCUT2D eigenvalue weighted by molar-refractivity contribution is 6.39. The maximum Gasteiger partial charge on any atom is 0.352 e. The van der Waals surface area contributed by atoms with Crippen molar-refractivity contribution in [1.29, 1.82) is 5.41 Å². The van der Waals surface area contributed by atoms with E-state index in [1.165, 1.54) is 0 Å². The molecule has 1 aromatic carbocycles. The van der Waals surface area contributed by atoms with Gasteiger partial charge in [-0.3, -0.25) is 10.2 Å². The zero-order valence-corrected chi connectivity index (χ0v) is 11.8. The van der Waals surface area contributed by atoms with E-state index in [4.69, 9.17) is 10.1 Å². The van der Waals surface area contributed by atoms with Crippen molar-refractivity contribution in [1.82, 2.24) is 0 Å². The van der Waals surface area contributed by atoms with Gasteiger partial charge in [-0.2, -0.15) is 0 Å². The smallest absolute Gasteiger partial charge is 0.352 e. The van der Waals surface area contributed by atoms with E-state index in [-0.39, 0.29) is 18.2 Å². The second-order valence-electron chi connectivity index (χ2n) is 5.86. The average molecular weight is 274 g/mol. The van der Waals surface area contributed by atoms with Crippen molar-refractivity contribution >= 4 is 23.3 Å². The Morgan fingerprint density at radius 2 is 2.00 bits per heavy atom. The van der Waals surface area contributed by atoms with Gasteiger partial charge in [0.25, 0.3) is 0 Å². The molecule has 1 aliphatic rings. The molecule has 1 atom stereocenters. The molecule has 20 heavy (non-hydrogen) atoms. The Labute approximate surface area is 117 Å². The van der Waals surface area contributed by atoms with Crippen molar-refractivity contribution in [3.63, 3.8) is 0 Å². The number of amides is 1. The van der Waals surface area contributed by atoms with Crippen LogP contribution in [-0.4, -0.2) is 24.2 Å². The third-order valence-electron chi connectivity index (χ3n) is 3.22. The van der Waals surface area contributed by atoms with Crippen molar-refractivity contribution in [2.75, 3.05) is 11.9 Å². The molecule has 1 aliphatic heterocycles. The minimum atomic E-state index is -0.591. The number of hydrogen-bond acceptors (Lipinski definition) is 4. The maximum absolute atomic E-state index is 12.1. The van der Waals surface area contributed by atoms with Gasteiger partial charge < -0.3 is 10.1 Å². The van der Waals surface area contributed by atoms with Crippen LogP contribution in [0.5, 0.6) is 0 Å². The van der Waals surface area contributed by atoms with E-state index in [1.807, 2.05) is 32.9 Å². The number of esters is 1. The summed E-state index contributed by atoms with van der Waals surface area (Å²) in [6.07, 6.45) is 0. The zero-order valence-electron chi connectivity index (χ0n) is 11.8. The van der Waals surface area contributed by atoms with Gasteiger partial charge in [-0.15, -0.1) is 0 Å². The molecule has 5 nitrogen and oxygen atoms in total. The van der Waals surface area contributed by atoms with Crippen LogP contribution in [-0.2, 0) is 14.3 Å². The summed E-state index contributed by atoms with van der Waals surface area (Å²) in [7, 11) is 0. The number of anilines is 1. The van der Waals surface area contributed by atoms with Crippen LogP contribution in [0.4, 0.5) is 5.69 Å². The first-order valence-electron chi connectivity index (χ1n) is 6.46. The van der Waals surface area contributed by atoms with Gasteiger partial charge in [-0.25, -0.2) is 4.79 Å². The van der Waals surface area contributed by atoms with Crippen molar-refractivity contribution in [3.05, 3.63) is 29.8 Å².